The highest BCUT2D eigenvalue weighted by Gasteiger charge is 2.24. The molecule has 32 heavy (non-hydrogen) atoms. The Bertz CT molecular complexity index is 1160. The van der Waals surface area contributed by atoms with Crippen LogP contribution in [-0.2, 0) is 6.54 Å². The van der Waals surface area contributed by atoms with Gasteiger partial charge in [0.1, 0.15) is 5.82 Å². The Kier molecular flexibility index (Phi) is 7.93. The van der Waals surface area contributed by atoms with Crippen molar-refractivity contribution in [2.75, 3.05) is 16.8 Å². The zero-order valence-electron chi connectivity index (χ0n) is 19.5. The molecule has 2 N–H and O–H groups in total. The van der Waals surface area contributed by atoms with Crippen molar-refractivity contribution in [3.05, 3.63) is 61.9 Å². The number of aromatic amines is 1. The molecule has 0 saturated heterocycles. The van der Waals surface area contributed by atoms with Gasteiger partial charge in [-0.15, -0.1) is 0 Å². The van der Waals surface area contributed by atoms with Crippen LogP contribution in [0.4, 0.5) is 15.9 Å². The van der Waals surface area contributed by atoms with Crippen LogP contribution in [0.25, 0.3) is 10.8 Å². The lowest BCUT2D eigenvalue weighted by atomic mass is 10.0. The van der Waals surface area contributed by atoms with Gasteiger partial charge in [0, 0.05) is 47.4 Å². The fraction of sp³-hybridized carbons (Fsp3) is 0.440. The molecule has 2 aromatic heterocycles. The number of anilines is 2. The lowest BCUT2D eigenvalue weighted by molar-refractivity contribution is 0.523. The standard InChI is InChI=1S/C25H32BrFN4O/c1-6-9-17(7-2)31(8-3)23-18-10-11-28-24(19(18)13-21(26)22(23)27)29-14-20-15(4)12-16(5)30-25(20)32/h10-13,17H,6-9,14H2,1-5H3,(H,28,29)(H,30,32). The summed E-state index contributed by atoms with van der Waals surface area (Å²) in [6, 6.07) is 5.85. The molecule has 0 aliphatic carbocycles. The van der Waals surface area contributed by atoms with Gasteiger partial charge in [-0.05, 0) is 73.3 Å². The van der Waals surface area contributed by atoms with E-state index < -0.39 is 0 Å². The number of hydrogen-bond acceptors (Lipinski definition) is 4. The zero-order chi connectivity index (χ0) is 23.4. The van der Waals surface area contributed by atoms with Crippen LogP contribution >= 0.6 is 15.9 Å². The van der Waals surface area contributed by atoms with Crippen LogP contribution in [0, 0.1) is 19.7 Å². The third kappa shape index (κ3) is 4.82. The molecule has 0 saturated carbocycles. The van der Waals surface area contributed by atoms with E-state index >= 15 is 4.39 Å². The molecule has 0 radical (unpaired) electrons. The van der Waals surface area contributed by atoms with Crippen LogP contribution in [0.15, 0.2) is 33.7 Å². The Hall–Kier alpha value is -2.41. The minimum atomic E-state index is -0.253. The number of hydrogen-bond donors (Lipinski definition) is 2. The summed E-state index contributed by atoms with van der Waals surface area (Å²) in [6.45, 7) is 11.2. The maximum absolute atomic E-state index is 15.5. The molecule has 7 heteroatoms. The van der Waals surface area contributed by atoms with Crippen molar-refractivity contribution < 1.29 is 4.39 Å². The molecule has 0 aliphatic heterocycles. The van der Waals surface area contributed by atoms with E-state index in [1.807, 2.05) is 26.0 Å². The van der Waals surface area contributed by atoms with Gasteiger partial charge in [0.2, 0.25) is 0 Å². The Morgan fingerprint density at radius 2 is 1.97 bits per heavy atom. The topological polar surface area (TPSA) is 61.0 Å². The maximum atomic E-state index is 15.5. The first-order chi connectivity index (χ1) is 15.3. The number of aromatic nitrogens is 2. The summed E-state index contributed by atoms with van der Waals surface area (Å²) in [5.74, 6) is 0.375. The van der Waals surface area contributed by atoms with Crippen molar-refractivity contribution in [2.45, 2.75) is 66.5 Å². The number of benzene rings is 1. The van der Waals surface area contributed by atoms with E-state index in [0.29, 0.717) is 34.6 Å². The van der Waals surface area contributed by atoms with E-state index in [2.05, 4.69) is 56.9 Å². The Morgan fingerprint density at radius 3 is 2.59 bits per heavy atom. The van der Waals surface area contributed by atoms with Gasteiger partial charge in [0.05, 0.1) is 10.2 Å². The number of nitrogens with one attached hydrogen (secondary N) is 2. The van der Waals surface area contributed by atoms with E-state index in [1.165, 1.54) is 0 Å². The van der Waals surface area contributed by atoms with Gasteiger partial charge in [-0.2, -0.15) is 0 Å². The molecule has 172 valence electrons. The Labute approximate surface area is 197 Å². The van der Waals surface area contributed by atoms with Crippen molar-refractivity contribution in [1.29, 1.82) is 0 Å². The minimum absolute atomic E-state index is 0.106. The van der Waals surface area contributed by atoms with E-state index in [4.69, 9.17) is 0 Å². The van der Waals surface area contributed by atoms with Gasteiger partial charge in [-0.1, -0.05) is 20.3 Å². The maximum Gasteiger partial charge on any atom is 0.253 e. The summed E-state index contributed by atoms with van der Waals surface area (Å²) in [5, 5.41) is 4.95. The predicted molar refractivity (Wildman–Crippen MR) is 135 cm³/mol. The average Bonchev–Trinajstić information content (AvgIpc) is 2.75. The molecule has 3 aromatic rings. The molecule has 0 amide bonds. The fourth-order valence-corrected chi connectivity index (χ4v) is 4.87. The van der Waals surface area contributed by atoms with Crippen LogP contribution in [0.5, 0.6) is 0 Å². The molecule has 0 spiro atoms. The monoisotopic (exact) mass is 502 g/mol. The average molecular weight is 503 g/mol. The second-order valence-electron chi connectivity index (χ2n) is 8.21. The zero-order valence-corrected chi connectivity index (χ0v) is 21.1. The van der Waals surface area contributed by atoms with E-state index in [9.17, 15) is 4.79 Å². The SMILES string of the molecule is CCCC(CC)N(CC)c1c(F)c(Br)cc2c(NCc3c(C)cc(C)[nH]c3=O)nccc12. The van der Waals surface area contributed by atoms with Crippen LogP contribution in [-0.4, -0.2) is 22.6 Å². The number of rotatable bonds is 9. The molecule has 3 rings (SSSR count). The third-order valence-corrected chi connectivity index (χ3v) is 6.60. The minimum Gasteiger partial charge on any atom is -0.366 e. The molecule has 0 aliphatic rings. The molecular formula is C25H32BrFN4O. The molecule has 5 nitrogen and oxygen atoms in total. The number of aryl methyl sites for hydroxylation is 2. The second kappa shape index (κ2) is 10.5. The van der Waals surface area contributed by atoms with Gasteiger partial charge < -0.3 is 15.2 Å². The molecule has 1 unspecified atom stereocenters. The van der Waals surface area contributed by atoms with Crippen LogP contribution in [0.3, 0.4) is 0 Å². The van der Waals surface area contributed by atoms with Crippen molar-refractivity contribution >= 4 is 38.2 Å². The summed E-state index contributed by atoms with van der Waals surface area (Å²) < 4.78 is 15.9. The van der Waals surface area contributed by atoms with E-state index in [1.54, 1.807) is 12.3 Å². The highest BCUT2D eigenvalue weighted by Crippen LogP contribution is 2.39. The van der Waals surface area contributed by atoms with Gasteiger partial charge in [-0.25, -0.2) is 9.37 Å². The predicted octanol–water partition coefficient (Wildman–Crippen LogP) is 6.46. The molecule has 2 heterocycles. The Balaban J connectivity index is 2.09. The first kappa shape index (κ1) is 24.2. The molecule has 0 bridgehead atoms. The largest absolute Gasteiger partial charge is 0.366 e. The smallest absolute Gasteiger partial charge is 0.253 e. The lowest BCUT2D eigenvalue weighted by Crippen LogP contribution is -2.35. The van der Waals surface area contributed by atoms with E-state index in [0.717, 1.165) is 41.3 Å². The number of H-pyrrole nitrogens is 1. The first-order valence-electron chi connectivity index (χ1n) is 11.3. The second-order valence-corrected chi connectivity index (χ2v) is 9.06. The first-order valence-corrected chi connectivity index (χ1v) is 12.1. The van der Waals surface area contributed by atoms with Gasteiger partial charge in [0.15, 0.2) is 5.82 Å². The number of halogens is 2. The summed E-state index contributed by atoms with van der Waals surface area (Å²) in [5.41, 5.74) is 2.92. The van der Waals surface area contributed by atoms with Crippen molar-refractivity contribution in [3.63, 3.8) is 0 Å². The summed E-state index contributed by atoms with van der Waals surface area (Å²) in [6.07, 6.45) is 4.69. The van der Waals surface area contributed by atoms with Gasteiger partial charge >= 0.3 is 0 Å². The molecular weight excluding hydrogens is 471 g/mol. The molecule has 1 atom stereocenters. The Morgan fingerprint density at radius 1 is 1.22 bits per heavy atom. The lowest BCUT2D eigenvalue weighted by Gasteiger charge is -2.33. The van der Waals surface area contributed by atoms with Crippen molar-refractivity contribution in [3.8, 4) is 0 Å². The highest BCUT2D eigenvalue weighted by molar-refractivity contribution is 9.10. The van der Waals surface area contributed by atoms with Crippen LogP contribution in [0.2, 0.25) is 0 Å². The molecule has 1 aromatic carbocycles. The third-order valence-electron chi connectivity index (χ3n) is 6.02. The molecule has 0 fully saturated rings. The summed E-state index contributed by atoms with van der Waals surface area (Å²) in [7, 11) is 0. The van der Waals surface area contributed by atoms with Gasteiger partial charge in [-0.3, -0.25) is 4.79 Å². The quantitative estimate of drug-likeness (QED) is 0.352. The normalized spacial score (nSPS) is 12.2. The van der Waals surface area contributed by atoms with Crippen molar-refractivity contribution in [1.82, 2.24) is 9.97 Å². The number of fused-ring (bicyclic) bond motifs is 1. The van der Waals surface area contributed by atoms with Crippen molar-refractivity contribution in [2.24, 2.45) is 0 Å². The summed E-state index contributed by atoms with van der Waals surface area (Å²) >= 11 is 3.42. The highest BCUT2D eigenvalue weighted by atomic mass is 79.9. The number of nitrogens with zero attached hydrogens (tertiary/aromatic N) is 2. The number of pyridine rings is 2. The van der Waals surface area contributed by atoms with Gasteiger partial charge in [0.25, 0.3) is 5.56 Å². The van der Waals surface area contributed by atoms with Crippen LogP contribution < -0.4 is 15.8 Å². The fourth-order valence-electron chi connectivity index (χ4n) is 4.45. The van der Waals surface area contributed by atoms with Crippen LogP contribution in [0.1, 0.15) is 56.9 Å². The summed E-state index contributed by atoms with van der Waals surface area (Å²) in [4.78, 5) is 22.0. The van der Waals surface area contributed by atoms with E-state index in [-0.39, 0.29) is 17.4 Å².